The highest BCUT2D eigenvalue weighted by atomic mass is 35.5. The quantitative estimate of drug-likeness (QED) is 0.375. The number of pyridine rings is 1. The Morgan fingerprint density at radius 1 is 1.69 bits per heavy atom. The average Bonchev–Trinajstić information content (AvgIpc) is 2.23. The molecular formula is C9H9Cl2N3O2. The summed E-state index contributed by atoms with van der Waals surface area (Å²) >= 11 is 11.4. The first-order chi connectivity index (χ1) is 7.56. The number of hydroxylamine groups is 1. The minimum absolute atomic E-state index is 0.0316. The Bertz CT molecular complexity index is 423. The van der Waals surface area contributed by atoms with Crippen molar-refractivity contribution in [3.8, 4) is 0 Å². The van der Waals surface area contributed by atoms with Crippen LogP contribution >= 0.6 is 23.2 Å². The van der Waals surface area contributed by atoms with Gasteiger partial charge in [-0.05, 0) is 6.07 Å². The molecule has 1 amide bonds. The van der Waals surface area contributed by atoms with Crippen LogP contribution in [0.1, 0.15) is 10.5 Å². The van der Waals surface area contributed by atoms with Crippen molar-refractivity contribution in [3.63, 3.8) is 0 Å². The number of anilines is 1. The van der Waals surface area contributed by atoms with Crippen molar-refractivity contribution in [1.29, 1.82) is 0 Å². The lowest BCUT2D eigenvalue weighted by Gasteiger charge is -2.07. The van der Waals surface area contributed by atoms with Gasteiger partial charge in [0.1, 0.15) is 5.15 Å². The molecule has 1 heterocycles. The Labute approximate surface area is 102 Å². The molecule has 1 aromatic rings. The lowest BCUT2D eigenvalue weighted by atomic mass is 10.3. The number of halogens is 2. The Hall–Kier alpha value is -1.30. The zero-order valence-electron chi connectivity index (χ0n) is 8.17. The third-order valence-corrected chi connectivity index (χ3v) is 2.13. The molecule has 5 nitrogen and oxygen atoms in total. The SMILES string of the molecule is C=CCONC(=O)c1nc(Cl)cc(N)c1Cl. The van der Waals surface area contributed by atoms with Crippen molar-refractivity contribution in [2.45, 2.75) is 0 Å². The molecule has 1 aromatic heterocycles. The third-order valence-electron chi connectivity index (χ3n) is 1.54. The van der Waals surface area contributed by atoms with Crippen LogP contribution in [0.4, 0.5) is 5.69 Å². The monoisotopic (exact) mass is 261 g/mol. The van der Waals surface area contributed by atoms with Crippen molar-refractivity contribution in [2.75, 3.05) is 12.3 Å². The van der Waals surface area contributed by atoms with Crippen LogP contribution < -0.4 is 11.2 Å². The van der Waals surface area contributed by atoms with Gasteiger partial charge < -0.3 is 5.73 Å². The van der Waals surface area contributed by atoms with E-state index in [9.17, 15) is 4.79 Å². The zero-order chi connectivity index (χ0) is 12.1. The lowest BCUT2D eigenvalue weighted by molar-refractivity contribution is 0.0417. The largest absolute Gasteiger partial charge is 0.397 e. The van der Waals surface area contributed by atoms with Gasteiger partial charge in [0, 0.05) is 0 Å². The first-order valence-corrected chi connectivity index (χ1v) is 4.96. The van der Waals surface area contributed by atoms with Gasteiger partial charge in [0.2, 0.25) is 0 Å². The molecule has 86 valence electrons. The van der Waals surface area contributed by atoms with Gasteiger partial charge in [0.05, 0.1) is 17.3 Å². The number of hydrogen-bond acceptors (Lipinski definition) is 4. The normalized spacial score (nSPS) is 9.88. The number of nitrogen functional groups attached to an aromatic ring is 1. The second-order valence-corrected chi connectivity index (χ2v) is 3.49. The average molecular weight is 262 g/mol. The van der Waals surface area contributed by atoms with Crippen LogP contribution in [0.25, 0.3) is 0 Å². The molecule has 0 saturated carbocycles. The number of rotatable bonds is 4. The second kappa shape index (κ2) is 5.69. The van der Waals surface area contributed by atoms with Gasteiger partial charge in [-0.25, -0.2) is 10.5 Å². The maximum absolute atomic E-state index is 11.5. The zero-order valence-corrected chi connectivity index (χ0v) is 9.68. The standard InChI is InChI=1S/C9H9Cl2N3O2/c1-2-3-16-14-9(15)8-7(11)5(12)4-6(10)13-8/h2,4H,1,3H2,(H2,12,13)(H,14,15). The fourth-order valence-electron chi connectivity index (χ4n) is 0.881. The van der Waals surface area contributed by atoms with Crippen LogP contribution in [0, 0.1) is 0 Å². The molecule has 0 atom stereocenters. The Morgan fingerprint density at radius 2 is 2.38 bits per heavy atom. The van der Waals surface area contributed by atoms with Gasteiger partial charge >= 0.3 is 0 Å². The molecule has 16 heavy (non-hydrogen) atoms. The summed E-state index contributed by atoms with van der Waals surface area (Å²) in [5.74, 6) is -0.624. The summed E-state index contributed by atoms with van der Waals surface area (Å²) in [7, 11) is 0. The van der Waals surface area contributed by atoms with Gasteiger partial charge in [0.25, 0.3) is 5.91 Å². The summed E-state index contributed by atoms with van der Waals surface area (Å²) < 4.78 is 0. The Kier molecular flexibility index (Phi) is 4.54. The Morgan fingerprint density at radius 3 is 3.00 bits per heavy atom. The van der Waals surface area contributed by atoms with E-state index in [0.717, 1.165) is 0 Å². The van der Waals surface area contributed by atoms with Crippen molar-refractivity contribution in [2.24, 2.45) is 0 Å². The first-order valence-electron chi connectivity index (χ1n) is 4.20. The number of nitrogens with two attached hydrogens (primary N) is 1. The molecule has 0 fully saturated rings. The number of nitrogens with zero attached hydrogens (tertiary/aromatic N) is 1. The highest BCUT2D eigenvalue weighted by Crippen LogP contribution is 2.24. The maximum atomic E-state index is 11.5. The van der Waals surface area contributed by atoms with Crippen molar-refractivity contribution in [1.82, 2.24) is 10.5 Å². The highest BCUT2D eigenvalue weighted by Gasteiger charge is 2.15. The lowest BCUT2D eigenvalue weighted by Crippen LogP contribution is -2.25. The van der Waals surface area contributed by atoms with E-state index in [1.54, 1.807) is 0 Å². The van der Waals surface area contributed by atoms with Crippen LogP contribution in [-0.4, -0.2) is 17.5 Å². The van der Waals surface area contributed by atoms with Crippen LogP contribution in [-0.2, 0) is 4.84 Å². The topological polar surface area (TPSA) is 77.2 Å². The maximum Gasteiger partial charge on any atom is 0.295 e. The summed E-state index contributed by atoms with van der Waals surface area (Å²) in [6.45, 7) is 3.58. The molecule has 0 aliphatic heterocycles. The number of nitrogens with one attached hydrogen (secondary N) is 1. The minimum Gasteiger partial charge on any atom is -0.397 e. The van der Waals surface area contributed by atoms with E-state index in [2.05, 4.69) is 17.0 Å². The number of carbonyl (C=O) groups excluding carboxylic acids is 1. The summed E-state index contributed by atoms with van der Waals surface area (Å²) in [5.41, 5.74) is 7.73. The number of aromatic nitrogens is 1. The van der Waals surface area contributed by atoms with Crippen LogP contribution in [0.2, 0.25) is 10.2 Å². The summed E-state index contributed by atoms with van der Waals surface area (Å²) in [6.07, 6.45) is 1.47. The second-order valence-electron chi connectivity index (χ2n) is 2.73. The van der Waals surface area contributed by atoms with Gasteiger partial charge in [-0.3, -0.25) is 9.63 Å². The fourth-order valence-corrected chi connectivity index (χ4v) is 1.27. The number of carbonyl (C=O) groups is 1. The molecule has 1 rings (SSSR count). The summed E-state index contributed by atoms with van der Waals surface area (Å²) in [6, 6.07) is 1.35. The summed E-state index contributed by atoms with van der Waals surface area (Å²) in [5, 5.41) is 0.111. The van der Waals surface area contributed by atoms with E-state index in [1.165, 1.54) is 12.1 Å². The van der Waals surface area contributed by atoms with Crippen molar-refractivity contribution in [3.05, 3.63) is 34.6 Å². The molecule has 0 spiro atoms. The van der Waals surface area contributed by atoms with Crippen LogP contribution in [0.15, 0.2) is 18.7 Å². The van der Waals surface area contributed by atoms with Crippen molar-refractivity contribution < 1.29 is 9.63 Å². The van der Waals surface area contributed by atoms with E-state index in [1.807, 2.05) is 0 Å². The Balaban J connectivity index is 2.86. The molecule has 0 aromatic carbocycles. The highest BCUT2D eigenvalue weighted by molar-refractivity contribution is 6.37. The fraction of sp³-hybridized carbons (Fsp3) is 0.111. The third kappa shape index (κ3) is 3.10. The van der Waals surface area contributed by atoms with E-state index in [0.29, 0.717) is 0 Å². The van der Waals surface area contributed by atoms with E-state index in [4.69, 9.17) is 33.8 Å². The first kappa shape index (κ1) is 12.8. The smallest absolute Gasteiger partial charge is 0.295 e. The molecule has 0 unspecified atom stereocenters. The van der Waals surface area contributed by atoms with Crippen molar-refractivity contribution >= 4 is 34.8 Å². The van der Waals surface area contributed by atoms with E-state index in [-0.39, 0.29) is 28.2 Å². The van der Waals surface area contributed by atoms with Gasteiger partial charge in [0.15, 0.2) is 5.69 Å². The summed E-state index contributed by atoms with van der Waals surface area (Å²) in [4.78, 5) is 20.0. The molecule has 0 radical (unpaired) electrons. The molecule has 0 bridgehead atoms. The van der Waals surface area contributed by atoms with Crippen LogP contribution in [0.5, 0.6) is 0 Å². The van der Waals surface area contributed by atoms with E-state index < -0.39 is 5.91 Å². The molecule has 0 aliphatic rings. The molecule has 0 saturated heterocycles. The van der Waals surface area contributed by atoms with Gasteiger partial charge in [-0.2, -0.15) is 0 Å². The molecular weight excluding hydrogens is 253 g/mol. The molecule has 7 heteroatoms. The molecule has 0 aliphatic carbocycles. The van der Waals surface area contributed by atoms with E-state index >= 15 is 0 Å². The van der Waals surface area contributed by atoms with Gasteiger partial charge in [-0.1, -0.05) is 29.3 Å². The number of amides is 1. The van der Waals surface area contributed by atoms with Crippen LogP contribution in [0.3, 0.4) is 0 Å². The predicted octanol–water partition coefficient (Wildman–Crippen LogP) is 1.82. The number of hydrogen-bond donors (Lipinski definition) is 2. The molecule has 3 N–H and O–H groups in total. The van der Waals surface area contributed by atoms with Gasteiger partial charge in [-0.15, -0.1) is 6.58 Å². The minimum atomic E-state index is -0.624. The predicted molar refractivity (Wildman–Crippen MR) is 62.3 cm³/mol.